The molecule has 1 saturated heterocycles. The van der Waals surface area contributed by atoms with Crippen LogP contribution in [0.2, 0.25) is 0 Å². The average Bonchev–Trinajstić information content (AvgIpc) is 2.45. The minimum atomic E-state index is -0.435. The lowest BCUT2D eigenvalue weighted by atomic mass is 9.98. The number of anilines is 1. The zero-order chi connectivity index (χ0) is 16.2. The van der Waals surface area contributed by atoms with Crippen LogP contribution in [0.1, 0.15) is 39.3 Å². The zero-order valence-corrected chi connectivity index (χ0v) is 14.1. The Morgan fingerprint density at radius 1 is 1.50 bits per heavy atom. The number of hydrogen-bond acceptors (Lipinski definition) is 4. The molecule has 0 aliphatic carbocycles. The van der Waals surface area contributed by atoms with Crippen molar-refractivity contribution >= 4 is 11.8 Å². The molecule has 0 spiro atoms. The van der Waals surface area contributed by atoms with Gasteiger partial charge in [-0.15, -0.1) is 0 Å². The molecule has 122 valence electrons. The van der Waals surface area contributed by atoms with Gasteiger partial charge in [0.15, 0.2) is 0 Å². The van der Waals surface area contributed by atoms with Crippen molar-refractivity contribution in [3.05, 3.63) is 24.0 Å². The fraction of sp³-hybridized carbons (Fsp3) is 0.647. The van der Waals surface area contributed by atoms with Gasteiger partial charge in [0.2, 0.25) is 0 Å². The number of piperidine rings is 1. The number of carbonyl (C=O) groups is 1. The second-order valence-electron chi connectivity index (χ2n) is 6.95. The highest BCUT2D eigenvalue weighted by Gasteiger charge is 2.27. The fourth-order valence-electron chi connectivity index (χ4n) is 2.65. The minimum absolute atomic E-state index is 0.199. The molecule has 1 fully saturated rings. The number of nitrogens with zero attached hydrogens (tertiary/aromatic N) is 2. The van der Waals surface area contributed by atoms with Gasteiger partial charge in [0, 0.05) is 25.8 Å². The van der Waals surface area contributed by atoms with Crippen LogP contribution in [0.25, 0.3) is 0 Å². The molecule has 1 aromatic rings. The molecule has 1 aromatic heterocycles. The van der Waals surface area contributed by atoms with E-state index in [9.17, 15) is 4.79 Å². The Hall–Kier alpha value is -1.78. The molecule has 1 N–H and O–H groups in total. The SMILES string of the molecule is Cc1ncccc1NCC1CCCN(C(=O)OC(C)(C)C)C1. The van der Waals surface area contributed by atoms with Crippen molar-refractivity contribution in [2.45, 2.75) is 46.1 Å². The number of rotatable bonds is 3. The molecule has 0 bridgehead atoms. The van der Waals surface area contributed by atoms with Gasteiger partial charge in [-0.1, -0.05) is 0 Å². The predicted octanol–water partition coefficient (Wildman–Crippen LogP) is 3.45. The van der Waals surface area contributed by atoms with Gasteiger partial charge in [-0.2, -0.15) is 0 Å². The molecular weight excluding hydrogens is 278 g/mol. The van der Waals surface area contributed by atoms with Crippen molar-refractivity contribution in [3.8, 4) is 0 Å². The standard InChI is InChI=1S/C17H27N3O2/c1-13-15(8-5-9-18-13)19-11-14-7-6-10-20(12-14)16(21)22-17(2,3)4/h5,8-9,14,19H,6-7,10-12H2,1-4H3. The van der Waals surface area contributed by atoms with Crippen molar-refractivity contribution < 1.29 is 9.53 Å². The van der Waals surface area contributed by atoms with E-state index in [1.807, 2.05) is 44.7 Å². The number of carbonyl (C=O) groups excluding carboxylic acids is 1. The second-order valence-corrected chi connectivity index (χ2v) is 6.95. The number of likely N-dealkylation sites (tertiary alicyclic amines) is 1. The van der Waals surface area contributed by atoms with E-state index in [4.69, 9.17) is 4.74 Å². The summed E-state index contributed by atoms with van der Waals surface area (Å²) in [5.41, 5.74) is 1.63. The van der Waals surface area contributed by atoms with E-state index >= 15 is 0 Å². The first-order valence-electron chi connectivity index (χ1n) is 7.98. The van der Waals surface area contributed by atoms with Crippen LogP contribution in [0.15, 0.2) is 18.3 Å². The van der Waals surface area contributed by atoms with Gasteiger partial charge in [0.25, 0.3) is 0 Å². The minimum Gasteiger partial charge on any atom is -0.444 e. The molecule has 22 heavy (non-hydrogen) atoms. The van der Waals surface area contributed by atoms with E-state index < -0.39 is 5.60 Å². The van der Waals surface area contributed by atoms with Crippen molar-refractivity contribution in [3.63, 3.8) is 0 Å². The number of amides is 1. The first-order valence-corrected chi connectivity index (χ1v) is 7.98. The number of aromatic nitrogens is 1. The van der Waals surface area contributed by atoms with Crippen LogP contribution in [-0.4, -0.2) is 41.2 Å². The lowest BCUT2D eigenvalue weighted by Gasteiger charge is -2.34. The van der Waals surface area contributed by atoms with Crippen LogP contribution < -0.4 is 5.32 Å². The summed E-state index contributed by atoms with van der Waals surface area (Å²) in [5.74, 6) is 0.445. The molecule has 5 nitrogen and oxygen atoms in total. The monoisotopic (exact) mass is 305 g/mol. The summed E-state index contributed by atoms with van der Waals surface area (Å²) in [4.78, 5) is 18.3. The third-order valence-electron chi connectivity index (χ3n) is 3.76. The van der Waals surface area contributed by atoms with Gasteiger partial charge in [-0.25, -0.2) is 4.79 Å². The normalized spacial score (nSPS) is 18.9. The van der Waals surface area contributed by atoms with E-state index in [-0.39, 0.29) is 6.09 Å². The molecule has 1 atom stereocenters. The van der Waals surface area contributed by atoms with Gasteiger partial charge >= 0.3 is 6.09 Å². The first kappa shape index (κ1) is 16.6. The van der Waals surface area contributed by atoms with Crippen LogP contribution >= 0.6 is 0 Å². The summed E-state index contributed by atoms with van der Waals surface area (Å²) in [6.07, 6.45) is 3.75. The van der Waals surface area contributed by atoms with Crippen LogP contribution in [0.3, 0.4) is 0 Å². The second kappa shape index (κ2) is 6.99. The largest absolute Gasteiger partial charge is 0.444 e. The lowest BCUT2D eigenvalue weighted by molar-refractivity contribution is 0.0172. The highest BCUT2D eigenvalue weighted by atomic mass is 16.6. The molecule has 2 heterocycles. The number of nitrogens with one attached hydrogen (secondary N) is 1. The van der Waals surface area contributed by atoms with Gasteiger partial charge in [0.05, 0.1) is 11.4 Å². The summed E-state index contributed by atoms with van der Waals surface area (Å²) in [6.45, 7) is 10.1. The molecule has 1 unspecified atom stereocenters. The molecule has 0 saturated carbocycles. The van der Waals surface area contributed by atoms with E-state index in [2.05, 4.69) is 10.3 Å². The number of hydrogen-bond donors (Lipinski definition) is 1. The molecule has 1 aliphatic rings. The van der Waals surface area contributed by atoms with E-state index in [1.54, 1.807) is 6.20 Å². The van der Waals surface area contributed by atoms with E-state index in [1.165, 1.54) is 0 Å². The van der Waals surface area contributed by atoms with Crippen molar-refractivity contribution in [1.29, 1.82) is 0 Å². The molecular formula is C17H27N3O2. The fourth-order valence-corrected chi connectivity index (χ4v) is 2.65. The van der Waals surface area contributed by atoms with E-state index in [0.29, 0.717) is 5.92 Å². The molecule has 1 aliphatic heterocycles. The highest BCUT2D eigenvalue weighted by Crippen LogP contribution is 2.20. The van der Waals surface area contributed by atoms with Gasteiger partial charge in [0.1, 0.15) is 5.60 Å². The van der Waals surface area contributed by atoms with Crippen LogP contribution in [0, 0.1) is 12.8 Å². The first-order chi connectivity index (χ1) is 10.3. The van der Waals surface area contributed by atoms with E-state index in [0.717, 1.165) is 43.9 Å². The Morgan fingerprint density at radius 2 is 2.27 bits per heavy atom. The predicted molar refractivity (Wildman–Crippen MR) is 88.0 cm³/mol. The number of pyridine rings is 1. The van der Waals surface area contributed by atoms with Crippen molar-refractivity contribution in [2.24, 2.45) is 5.92 Å². The van der Waals surface area contributed by atoms with Gasteiger partial charge in [-0.3, -0.25) is 4.98 Å². The molecule has 2 rings (SSSR count). The topological polar surface area (TPSA) is 54.5 Å². The Kier molecular flexibility index (Phi) is 5.27. The Balaban J connectivity index is 1.86. The molecule has 0 radical (unpaired) electrons. The van der Waals surface area contributed by atoms with Crippen LogP contribution in [0.5, 0.6) is 0 Å². The van der Waals surface area contributed by atoms with Gasteiger partial charge < -0.3 is 15.0 Å². The smallest absolute Gasteiger partial charge is 0.410 e. The third-order valence-corrected chi connectivity index (χ3v) is 3.76. The Morgan fingerprint density at radius 3 is 2.95 bits per heavy atom. The molecule has 1 amide bonds. The van der Waals surface area contributed by atoms with Crippen molar-refractivity contribution in [2.75, 3.05) is 25.0 Å². The Bertz CT molecular complexity index is 511. The maximum atomic E-state index is 12.2. The summed E-state index contributed by atoms with van der Waals surface area (Å²) in [6, 6.07) is 3.97. The summed E-state index contributed by atoms with van der Waals surface area (Å²) < 4.78 is 5.46. The molecule has 0 aromatic carbocycles. The average molecular weight is 305 g/mol. The summed E-state index contributed by atoms with van der Waals surface area (Å²) in [7, 11) is 0. The third kappa shape index (κ3) is 4.90. The number of ether oxygens (including phenoxy) is 1. The zero-order valence-electron chi connectivity index (χ0n) is 14.1. The Labute approximate surface area is 133 Å². The van der Waals surface area contributed by atoms with Gasteiger partial charge in [-0.05, 0) is 58.6 Å². The number of aryl methyl sites for hydroxylation is 1. The lowest BCUT2D eigenvalue weighted by Crippen LogP contribution is -2.44. The van der Waals surface area contributed by atoms with Crippen LogP contribution in [0.4, 0.5) is 10.5 Å². The summed E-state index contributed by atoms with van der Waals surface area (Å²) in [5, 5.41) is 3.45. The van der Waals surface area contributed by atoms with Crippen LogP contribution in [-0.2, 0) is 4.74 Å². The summed E-state index contributed by atoms with van der Waals surface area (Å²) >= 11 is 0. The maximum absolute atomic E-state index is 12.2. The maximum Gasteiger partial charge on any atom is 0.410 e. The molecule has 5 heteroatoms. The quantitative estimate of drug-likeness (QED) is 0.929. The van der Waals surface area contributed by atoms with Crippen molar-refractivity contribution in [1.82, 2.24) is 9.88 Å². The highest BCUT2D eigenvalue weighted by molar-refractivity contribution is 5.68.